The molecule has 0 amide bonds. The first-order valence-corrected chi connectivity index (χ1v) is 12.9. The molecule has 0 saturated carbocycles. The monoisotopic (exact) mass is 495 g/mol. The molecule has 9 heteroatoms. The molecule has 1 fully saturated rings. The van der Waals surface area contributed by atoms with Crippen molar-refractivity contribution < 1.29 is 23.1 Å². The zero-order valence-corrected chi connectivity index (χ0v) is 20.6. The molecule has 3 aromatic rings. The van der Waals surface area contributed by atoms with Gasteiger partial charge in [-0.2, -0.15) is 0 Å². The molecule has 0 aromatic heterocycles. The van der Waals surface area contributed by atoms with Gasteiger partial charge in [0.2, 0.25) is 0 Å². The van der Waals surface area contributed by atoms with Crippen LogP contribution in [0.1, 0.15) is 22.8 Å². The van der Waals surface area contributed by atoms with Gasteiger partial charge in [0.25, 0.3) is 10.0 Å². The molecule has 1 aliphatic heterocycles. The van der Waals surface area contributed by atoms with Gasteiger partial charge in [-0.3, -0.25) is 4.72 Å². The summed E-state index contributed by atoms with van der Waals surface area (Å²) in [4.78, 5) is 16.0. The first-order valence-electron chi connectivity index (χ1n) is 11.4. The van der Waals surface area contributed by atoms with Gasteiger partial charge < -0.3 is 19.6 Å². The predicted molar refractivity (Wildman–Crippen MR) is 137 cm³/mol. The normalized spacial score (nSPS) is 14.0. The van der Waals surface area contributed by atoms with Crippen molar-refractivity contribution in [2.75, 3.05) is 47.8 Å². The van der Waals surface area contributed by atoms with Gasteiger partial charge in [0.1, 0.15) is 5.75 Å². The molecular formula is C26H29N3O5S. The Balaban J connectivity index is 1.56. The highest BCUT2D eigenvalue weighted by atomic mass is 32.2. The lowest BCUT2D eigenvalue weighted by molar-refractivity contribution is 0.0697. The lowest BCUT2D eigenvalue weighted by Crippen LogP contribution is -2.46. The number of ether oxygens (including phenoxy) is 1. The molecule has 35 heavy (non-hydrogen) atoms. The lowest BCUT2D eigenvalue weighted by atomic mass is 10.1. The number of sulfonamides is 1. The molecule has 8 nitrogen and oxygen atoms in total. The molecule has 0 unspecified atom stereocenters. The first-order chi connectivity index (χ1) is 16.8. The third-order valence-corrected chi connectivity index (χ3v) is 7.57. The van der Waals surface area contributed by atoms with Crippen molar-refractivity contribution in [3.8, 4) is 5.75 Å². The Kier molecular flexibility index (Phi) is 7.16. The molecule has 4 rings (SSSR count). The number of aromatic carboxylic acids is 1. The summed E-state index contributed by atoms with van der Waals surface area (Å²) in [6.45, 7) is 4.77. The lowest BCUT2D eigenvalue weighted by Gasteiger charge is -2.38. The van der Waals surface area contributed by atoms with E-state index >= 15 is 0 Å². The molecule has 0 atom stereocenters. The van der Waals surface area contributed by atoms with Crippen molar-refractivity contribution in [1.82, 2.24) is 0 Å². The summed E-state index contributed by atoms with van der Waals surface area (Å²) in [5, 5.41) is 9.48. The molecule has 0 radical (unpaired) electrons. The summed E-state index contributed by atoms with van der Waals surface area (Å²) in [6, 6.07) is 19.1. The summed E-state index contributed by atoms with van der Waals surface area (Å²) >= 11 is 0. The maximum atomic E-state index is 13.1. The van der Waals surface area contributed by atoms with Crippen molar-refractivity contribution in [3.05, 3.63) is 77.9 Å². The number of anilines is 3. The summed E-state index contributed by atoms with van der Waals surface area (Å²) in [6.07, 6.45) is 0.807. The van der Waals surface area contributed by atoms with Crippen molar-refractivity contribution >= 4 is 33.1 Å². The van der Waals surface area contributed by atoms with Crippen LogP contribution in [-0.4, -0.2) is 52.8 Å². The average molecular weight is 496 g/mol. The third kappa shape index (κ3) is 5.51. The van der Waals surface area contributed by atoms with Gasteiger partial charge in [-0.05, 0) is 66.6 Å². The minimum Gasteiger partial charge on any atom is -0.497 e. The summed E-state index contributed by atoms with van der Waals surface area (Å²) < 4.78 is 34.1. The molecule has 1 saturated heterocycles. The van der Waals surface area contributed by atoms with E-state index in [1.54, 1.807) is 37.4 Å². The van der Waals surface area contributed by atoms with E-state index < -0.39 is 16.0 Å². The minimum atomic E-state index is -3.89. The molecule has 0 bridgehead atoms. The first kappa shape index (κ1) is 24.4. The van der Waals surface area contributed by atoms with Crippen LogP contribution in [-0.2, 0) is 16.4 Å². The number of nitrogens with one attached hydrogen (secondary N) is 1. The Morgan fingerprint density at radius 1 is 0.943 bits per heavy atom. The van der Waals surface area contributed by atoms with Crippen molar-refractivity contribution in [2.24, 2.45) is 0 Å². The second-order valence-electron chi connectivity index (χ2n) is 8.31. The quantitative estimate of drug-likeness (QED) is 0.486. The Hall–Kier alpha value is -3.72. The highest BCUT2D eigenvalue weighted by Crippen LogP contribution is 2.31. The van der Waals surface area contributed by atoms with Gasteiger partial charge >= 0.3 is 5.97 Å². The summed E-state index contributed by atoms with van der Waals surface area (Å²) in [7, 11) is -2.26. The van der Waals surface area contributed by atoms with Crippen molar-refractivity contribution in [3.63, 3.8) is 0 Å². The second-order valence-corrected chi connectivity index (χ2v) is 9.99. The topological polar surface area (TPSA) is 99.2 Å². The van der Waals surface area contributed by atoms with Gasteiger partial charge in [-0.15, -0.1) is 0 Å². The largest absolute Gasteiger partial charge is 0.497 e. The van der Waals surface area contributed by atoms with E-state index in [2.05, 4.69) is 14.5 Å². The maximum absolute atomic E-state index is 13.1. The summed E-state index contributed by atoms with van der Waals surface area (Å²) in [5.74, 6) is -0.319. The Morgan fingerprint density at radius 3 is 2.14 bits per heavy atom. The van der Waals surface area contributed by atoms with Gasteiger partial charge in [0.05, 0.1) is 28.9 Å². The average Bonchev–Trinajstić information content (AvgIpc) is 2.88. The Bertz CT molecular complexity index is 1280. The highest BCUT2D eigenvalue weighted by molar-refractivity contribution is 7.92. The highest BCUT2D eigenvalue weighted by Gasteiger charge is 2.23. The fourth-order valence-electron chi connectivity index (χ4n) is 4.13. The molecule has 184 valence electrons. The standard InChI is InChI=1S/C26H29N3O5S/c1-3-19-4-11-23(12-5-19)35(32,33)27-24-18-20(26(30)31)6-13-25(24)29-16-14-28(15-17-29)21-7-9-22(34-2)10-8-21/h4-13,18,27H,3,14-17H2,1-2H3,(H,30,31). The van der Waals surface area contributed by atoms with Crippen molar-refractivity contribution in [1.29, 1.82) is 0 Å². The molecule has 1 aliphatic rings. The van der Waals surface area contributed by atoms with Crippen molar-refractivity contribution in [2.45, 2.75) is 18.2 Å². The number of benzene rings is 3. The van der Waals surface area contributed by atoms with E-state index in [0.29, 0.717) is 18.8 Å². The van der Waals surface area contributed by atoms with Crippen LogP contribution in [0.5, 0.6) is 5.75 Å². The Morgan fingerprint density at radius 2 is 1.57 bits per heavy atom. The zero-order valence-electron chi connectivity index (χ0n) is 19.8. The molecular weight excluding hydrogens is 466 g/mol. The van der Waals surface area contributed by atoms with Crippen LogP contribution >= 0.6 is 0 Å². The number of carboxylic acid groups (broad SMARTS) is 1. The third-order valence-electron chi connectivity index (χ3n) is 6.19. The summed E-state index contributed by atoms with van der Waals surface area (Å²) in [5.41, 5.74) is 3.04. The zero-order chi connectivity index (χ0) is 25.0. The van der Waals surface area contributed by atoms with Crippen LogP contribution in [0, 0.1) is 0 Å². The number of rotatable bonds is 8. The van der Waals surface area contributed by atoms with Crippen LogP contribution in [0.3, 0.4) is 0 Å². The van der Waals surface area contributed by atoms with E-state index in [1.807, 2.05) is 31.2 Å². The minimum absolute atomic E-state index is 0.0182. The number of hydrogen-bond acceptors (Lipinski definition) is 6. The fourth-order valence-corrected chi connectivity index (χ4v) is 5.20. The number of carbonyl (C=O) groups is 1. The number of hydrogen-bond donors (Lipinski definition) is 2. The van der Waals surface area contributed by atoms with Crippen LogP contribution in [0.25, 0.3) is 0 Å². The van der Waals surface area contributed by atoms with E-state index in [0.717, 1.165) is 36.5 Å². The van der Waals surface area contributed by atoms with Gasteiger partial charge in [-0.25, -0.2) is 13.2 Å². The van der Waals surface area contributed by atoms with Crippen LogP contribution in [0.2, 0.25) is 0 Å². The van der Waals surface area contributed by atoms with Gasteiger partial charge in [0.15, 0.2) is 0 Å². The van der Waals surface area contributed by atoms with Gasteiger partial charge in [-0.1, -0.05) is 19.1 Å². The molecule has 1 heterocycles. The SMILES string of the molecule is CCc1ccc(S(=O)(=O)Nc2cc(C(=O)O)ccc2N2CCN(c3ccc(OC)cc3)CC2)cc1. The number of piperazine rings is 1. The Labute approximate surface area is 205 Å². The maximum Gasteiger partial charge on any atom is 0.335 e. The van der Waals surface area contributed by atoms with Gasteiger partial charge in [0, 0.05) is 31.9 Å². The predicted octanol–water partition coefficient (Wildman–Crippen LogP) is 4.08. The fraction of sp³-hybridized carbons (Fsp3) is 0.269. The number of carboxylic acids is 1. The second kappa shape index (κ2) is 10.3. The number of methoxy groups -OCH3 is 1. The van der Waals surface area contributed by atoms with E-state index in [1.165, 1.54) is 12.1 Å². The molecule has 2 N–H and O–H groups in total. The van der Waals surface area contributed by atoms with Crippen LogP contribution in [0.4, 0.5) is 17.1 Å². The molecule has 0 spiro atoms. The van der Waals surface area contributed by atoms with Crippen LogP contribution in [0.15, 0.2) is 71.6 Å². The smallest absolute Gasteiger partial charge is 0.335 e. The molecule has 3 aromatic carbocycles. The van der Waals surface area contributed by atoms with Crippen LogP contribution < -0.4 is 19.3 Å². The number of aryl methyl sites for hydroxylation is 1. The van der Waals surface area contributed by atoms with E-state index in [-0.39, 0.29) is 16.1 Å². The molecule has 0 aliphatic carbocycles. The number of nitrogens with zero attached hydrogens (tertiary/aromatic N) is 2. The van der Waals surface area contributed by atoms with E-state index in [4.69, 9.17) is 4.74 Å². The van der Waals surface area contributed by atoms with E-state index in [9.17, 15) is 18.3 Å².